The molecule has 0 atom stereocenters. The minimum atomic E-state index is -5.19. The Morgan fingerprint density at radius 3 is 1.76 bits per heavy atom. The fraction of sp³-hybridized carbons (Fsp3) is 0.222. The van der Waals surface area contributed by atoms with Gasteiger partial charge in [0.1, 0.15) is 0 Å². The second-order valence-electron chi connectivity index (χ2n) is 3.06. The molecule has 0 saturated carbocycles. The van der Waals surface area contributed by atoms with Crippen LogP contribution in [0.25, 0.3) is 0 Å². The molecule has 0 fully saturated rings. The van der Waals surface area contributed by atoms with E-state index in [1.54, 1.807) is 0 Å². The van der Waals surface area contributed by atoms with Crippen LogP contribution in [0.15, 0.2) is 18.2 Å². The third-order valence-electron chi connectivity index (χ3n) is 1.88. The van der Waals surface area contributed by atoms with Crippen LogP contribution in [0.3, 0.4) is 0 Å². The summed E-state index contributed by atoms with van der Waals surface area (Å²) >= 11 is 3.25. The van der Waals surface area contributed by atoms with E-state index in [1.807, 2.05) is 0 Å². The highest BCUT2D eigenvalue weighted by Crippen LogP contribution is 2.40. The van der Waals surface area contributed by atoms with Crippen LogP contribution >= 0.6 is 12.6 Å². The largest absolute Gasteiger partial charge is 0.417 e. The zero-order valence-corrected chi connectivity index (χ0v) is 8.75. The van der Waals surface area contributed by atoms with Crippen molar-refractivity contribution < 1.29 is 31.1 Å². The average molecular weight is 274 g/mol. The molecule has 1 aromatic carbocycles. The van der Waals surface area contributed by atoms with E-state index in [4.69, 9.17) is 0 Å². The van der Waals surface area contributed by atoms with Crippen LogP contribution in [0.1, 0.15) is 21.5 Å². The summed E-state index contributed by atoms with van der Waals surface area (Å²) in [5.74, 6) is 0. The maximum Gasteiger partial charge on any atom is 0.417 e. The lowest BCUT2D eigenvalue weighted by Gasteiger charge is -2.15. The number of carbonyl (C=O) groups excluding carboxylic acids is 1. The molecule has 0 heterocycles. The molecule has 0 spiro atoms. The van der Waals surface area contributed by atoms with Crippen molar-refractivity contribution >= 4 is 17.7 Å². The van der Waals surface area contributed by atoms with Gasteiger partial charge in [0, 0.05) is 5.56 Å². The second-order valence-corrected chi connectivity index (χ2v) is 3.47. The molecule has 0 bridgehead atoms. The number of benzene rings is 1. The number of thiol groups is 1. The summed E-state index contributed by atoms with van der Waals surface area (Å²) in [4.78, 5) is 10.7. The smallest absolute Gasteiger partial charge is 0.282 e. The van der Waals surface area contributed by atoms with Crippen molar-refractivity contribution in [1.29, 1.82) is 0 Å². The lowest BCUT2D eigenvalue weighted by molar-refractivity contribution is -0.162. The molecule has 0 aliphatic rings. The Balaban J connectivity index is 3.49. The molecule has 17 heavy (non-hydrogen) atoms. The number of rotatable bonds is 1. The zero-order chi connectivity index (χ0) is 13.4. The highest BCUT2D eigenvalue weighted by Gasteiger charge is 2.43. The first-order valence-corrected chi connectivity index (χ1v) is 4.50. The van der Waals surface area contributed by atoms with E-state index in [1.165, 1.54) is 0 Å². The van der Waals surface area contributed by atoms with Crippen LogP contribution in [-0.2, 0) is 12.4 Å². The van der Waals surface area contributed by atoms with Crippen molar-refractivity contribution in [3.63, 3.8) is 0 Å². The summed E-state index contributed by atoms with van der Waals surface area (Å²) in [7, 11) is 0. The van der Waals surface area contributed by atoms with Crippen molar-refractivity contribution in [2.24, 2.45) is 0 Å². The summed E-state index contributed by atoms with van der Waals surface area (Å²) < 4.78 is 74.1. The van der Waals surface area contributed by atoms with E-state index in [-0.39, 0.29) is 12.1 Å². The molecule has 0 aliphatic carbocycles. The molecule has 0 aromatic heterocycles. The van der Waals surface area contributed by atoms with Gasteiger partial charge >= 0.3 is 12.4 Å². The van der Waals surface area contributed by atoms with Crippen LogP contribution in [0.5, 0.6) is 0 Å². The van der Waals surface area contributed by atoms with Crippen LogP contribution in [-0.4, -0.2) is 5.12 Å². The standard InChI is InChI=1S/C9H4F6OS/c10-8(11,12)5-2-1-4(7(16)17)3-6(5)9(13,14)15/h1-3H,(H,16,17). The van der Waals surface area contributed by atoms with Crippen LogP contribution < -0.4 is 0 Å². The lowest BCUT2D eigenvalue weighted by Crippen LogP contribution is -2.17. The molecule has 1 rings (SSSR count). The van der Waals surface area contributed by atoms with Gasteiger partial charge in [-0.1, -0.05) is 0 Å². The van der Waals surface area contributed by atoms with Gasteiger partial charge in [0.05, 0.1) is 11.1 Å². The minimum absolute atomic E-state index is 0.137. The number of carbonyl (C=O) groups is 1. The number of halogens is 6. The topological polar surface area (TPSA) is 17.1 Å². The number of hydrogen-bond acceptors (Lipinski definition) is 1. The fourth-order valence-electron chi connectivity index (χ4n) is 1.16. The Hall–Kier alpha value is -1.18. The average Bonchev–Trinajstić information content (AvgIpc) is 2.14. The Labute approximate surface area is 96.8 Å². The summed E-state index contributed by atoms with van der Waals surface area (Å²) in [5, 5.41) is -1.04. The molecule has 94 valence electrons. The highest BCUT2D eigenvalue weighted by atomic mass is 32.1. The van der Waals surface area contributed by atoms with E-state index < -0.39 is 34.2 Å². The highest BCUT2D eigenvalue weighted by molar-refractivity contribution is 7.97. The minimum Gasteiger partial charge on any atom is -0.282 e. The first-order chi connectivity index (χ1) is 7.53. The van der Waals surface area contributed by atoms with Crippen LogP contribution in [0, 0.1) is 0 Å². The van der Waals surface area contributed by atoms with Crippen molar-refractivity contribution in [2.75, 3.05) is 0 Å². The second kappa shape index (κ2) is 4.25. The maximum atomic E-state index is 12.4. The van der Waals surface area contributed by atoms with Gasteiger partial charge in [-0.25, -0.2) is 0 Å². The Bertz CT molecular complexity index is 448. The predicted molar refractivity (Wildman–Crippen MR) is 49.8 cm³/mol. The molecule has 8 heteroatoms. The fourth-order valence-corrected chi connectivity index (χ4v) is 1.30. The van der Waals surface area contributed by atoms with Crippen LogP contribution in [0.4, 0.5) is 26.3 Å². The molecule has 0 unspecified atom stereocenters. The SMILES string of the molecule is O=C(S)c1ccc(C(F)(F)F)c(C(F)(F)F)c1. The van der Waals surface area contributed by atoms with Crippen molar-refractivity contribution in [1.82, 2.24) is 0 Å². The molecule has 0 amide bonds. The third-order valence-corrected chi connectivity index (χ3v) is 2.14. The molecular formula is C9H4F6OS. The van der Waals surface area contributed by atoms with Crippen molar-refractivity contribution in [3.8, 4) is 0 Å². The summed E-state index contributed by atoms with van der Waals surface area (Å²) in [6.45, 7) is 0. The van der Waals surface area contributed by atoms with E-state index >= 15 is 0 Å². The molecule has 0 saturated heterocycles. The molecule has 0 N–H and O–H groups in total. The van der Waals surface area contributed by atoms with Gasteiger partial charge in [-0.15, -0.1) is 12.6 Å². The predicted octanol–water partition coefficient (Wildman–Crippen LogP) is 3.79. The van der Waals surface area contributed by atoms with Crippen molar-refractivity contribution in [2.45, 2.75) is 12.4 Å². The van der Waals surface area contributed by atoms with E-state index in [2.05, 4.69) is 12.6 Å². The van der Waals surface area contributed by atoms with Crippen molar-refractivity contribution in [3.05, 3.63) is 34.9 Å². The Kier molecular flexibility index (Phi) is 3.47. The number of hydrogen-bond donors (Lipinski definition) is 1. The van der Waals surface area contributed by atoms with Gasteiger partial charge < -0.3 is 0 Å². The third kappa shape index (κ3) is 3.15. The van der Waals surface area contributed by atoms with Gasteiger partial charge in [0.25, 0.3) is 0 Å². The molecule has 1 aromatic rings. The van der Waals surface area contributed by atoms with Gasteiger partial charge in [-0.05, 0) is 18.2 Å². The van der Waals surface area contributed by atoms with Gasteiger partial charge in [0.15, 0.2) is 0 Å². The summed E-state index contributed by atoms with van der Waals surface area (Å²) in [5.41, 5.74) is -4.28. The van der Waals surface area contributed by atoms with Gasteiger partial charge in [0.2, 0.25) is 5.12 Å². The Morgan fingerprint density at radius 2 is 1.41 bits per heavy atom. The summed E-state index contributed by atoms with van der Waals surface area (Å²) in [6, 6.07) is 0.998. The Morgan fingerprint density at radius 1 is 0.941 bits per heavy atom. The maximum absolute atomic E-state index is 12.4. The molecular weight excluding hydrogens is 270 g/mol. The van der Waals surface area contributed by atoms with Crippen LogP contribution in [0.2, 0.25) is 0 Å². The zero-order valence-electron chi connectivity index (χ0n) is 7.86. The van der Waals surface area contributed by atoms with E-state index in [0.29, 0.717) is 6.07 Å². The lowest BCUT2D eigenvalue weighted by atomic mass is 10.0. The number of alkyl halides is 6. The van der Waals surface area contributed by atoms with Gasteiger partial charge in [-0.2, -0.15) is 26.3 Å². The first kappa shape index (κ1) is 13.9. The quantitative estimate of drug-likeness (QED) is 0.609. The molecule has 0 radical (unpaired) electrons. The monoisotopic (exact) mass is 274 g/mol. The normalized spacial score (nSPS) is 12.6. The van der Waals surface area contributed by atoms with E-state index in [9.17, 15) is 31.1 Å². The molecule has 0 aliphatic heterocycles. The molecule has 1 nitrogen and oxygen atoms in total. The first-order valence-electron chi connectivity index (χ1n) is 4.05. The van der Waals surface area contributed by atoms with E-state index in [0.717, 1.165) is 0 Å². The summed E-state index contributed by atoms with van der Waals surface area (Å²) in [6.07, 6.45) is -10.3. The van der Waals surface area contributed by atoms with Gasteiger partial charge in [-0.3, -0.25) is 4.79 Å².